The van der Waals surface area contributed by atoms with Crippen molar-refractivity contribution in [3.63, 3.8) is 0 Å². The summed E-state index contributed by atoms with van der Waals surface area (Å²) in [7, 11) is 0. The van der Waals surface area contributed by atoms with E-state index in [1.165, 1.54) is 0 Å². The van der Waals surface area contributed by atoms with Gasteiger partial charge in [-0.05, 0) is 26.8 Å². The molecule has 1 rings (SSSR count). The second kappa shape index (κ2) is 7.63. The summed E-state index contributed by atoms with van der Waals surface area (Å²) in [4.78, 5) is 11.3. The lowest BCUT2D eigenvalue weighted by Gasteiger charge is -2.19. The Balaban J connectivity index is 2.03. The van der Waals surface area contributed by atoms with Crippen LogP contribution < -0.4 is 10.6 Å². The molecule has 0 aromatic carbocycles. The van der Waals surface area contributed by atoms with E-state index in [1.807, 2.05) is 39.0 Å². The Morgan fingerprint density at radius 1 is 1.37 bits per heavy atom. The predicted molar refractivity (Wildman–Crippen MR) is 73.8 cm³/mol. The van der Waals surface area contributed by atoms with Crippen LogP contribution in [0.25, 0.3) is 0 Å². The first-order chi connectivity index (χ1) is 8.97. The number of rotatable bonds is 6. The predicted octanol–water partition coefficient (Wildman–Crippen LogP) is 2.45. The third kappa shape index (κ3) is 8.05. The fourth-order valence-corrected chi connectivity index (χ4v) is 1.32. The summed E-state index contributed by atoms with van der Waals surface area (Å²) in [6.45, 7) is 7.47. The van der Waals surface area contributed by atoms with Gasteiger partial charge in [0.15, 0.2) is 0 Å². The minimum Gasteiger partial charge on any atom is -0.472 e. The largest absolute Gasteiger partial charge is 0.472 e. The van der Waals surface area contributed by atoms with E-state index in [4.69, 9.17) is 9.15 Å². The van der Waals surface area contributed by atoms with Gasteiger partial charge in [-0.2, -0.15) is 0 Å². The average Bonchev–Trinajstić information content (AvgIpc) is 2.78. The Kier molecular flexibility index (Phi) is 6.15. The van der Waals surface area contributed by atoms with Gasteiger partial charge in [0.05, 0.1) is 12.5 Å². The molecule has 19 heavy (non-hydrogen) atoms. The van der Waals surface area contributed by atoms with Crippen molar-refractivity contribution < 1.29 is 13.9 Å². The fraction of sp³-hybridized carbons (Fsp3) is 0.500. The summed E-state index contributed by atoms with van der Waals surface area (Å²) >= 11 is 0. The maximum atomic E-state index is 11.3. The standard InChI is InChI=1S/C14H22N2O3/c1-14(2,3)19-13(17)16-8-5-4-7-15-10-12-6-9-18-11-12/h4-6,9,11,15H,7-8,10H2,1-3H3,(H,16,17)/b5-4+. The molecule has 0 radical (unpaired) electrons. The first kappa shape index (κ1) is 15.3. The van der Waals surface area contributed by atoms with Crippen molar-refractivity contribution >= 4 is 6.09 Å². The van der Waals surface area contributed by atoms with Crippen LogP contribution in [0.4, 0.5) is 4.79 Å². The topological polar surface area (TPSA) is 63.5 Å². The number of nitrogens with one attached hydrogen (secondary N) is 2. The second-order valence-corrected chi connectivity index (χ2v) is 5.12. The van der Waals surface area contributed by atoms with E-state index in [0.29, 0.717) is 6.54 Å². The number of carbonyl (C=O) groups excluding carboxylic acids is 1. The zero-order valence-electron chi connectivity index (χ0n) is 11.7. The molecule has 5 heteroatoms. The molecule has 0 spiro atoms. The molecule has 5 nitrogen and oxygen atoms in total. The molecule has 0 saturated heterocycles. The summed E-state index contributed by atoms with van der Waals surface area (Å²) in [5.41, 5.74) is 0.653. The molecule has 0 saturated carbocycles. The molecule has 1 amide bonds. The average molecular weight is 266 g/mol. The second-order valence-electron chi connectivity index (χ2n) is 5.12. The molecule has 0 aliphatic heterocycles. The molecule has 2 N–H and O–H groups in total. The zero-order valence-corrected chi connectivity index (χ0v) is 11.7. The van der Waals surface area contributed by atoms with E-state index < -0.39 is 11.7 Å². The Morgan fingerprint density at radius 3 is 2.74 bits per heavy atom. The highest BCUT2D eigenvalue weighted by Crippen LogP contribution is 2.06. The molecular weight excluding hydrogens is 244 g/mol. The number of furan rings is 1. The Morgan fingerprint density at radius 2 is 2.11 bits per heavy atom. The minimum absolute atomic E-state index is 0.400. The normalized spacial score (nSPS) is 11.7. The van der Waals surface area contributed by atoms with Gasteiger partial charge < -0.3 is 19.8 Å². The molecule has 0 bridgehead atoms. The van der Waals surface area contributed by atoms with E-state index in [-0.39, 0.29) is 0 Å². The minimum atomic E-state index is -0.458. The van der Waals surface area contributed by atoms with Crippen LogP contribution in [0.3, 0.4) is 0 Å². The van der Waals surface area contributed by atoms with Crippen molar-refractivity contribution in [1.82, 2.24) is 10.6 Å². The lowest BCUT2D eigenvalue weighted by molar-refractivity contribution is 0.0534. The Labute approximate surface area is 114 Å². The zero-order chi connectivity index (χ0) is 14.1. The molecular formula is C14H22N2O3. The highest BCUT2D eigenvalue weighted by atomic mass is 16.6. The van der Waals surface area contributed by atoms with Crippen molar-refractivity contribution in [2.75, 3.05) is 13.1 Å². The van der Waals surface area contributed by atoms with Crippen LogP contribution in [-0.4, -0.2) is 24.8 Å². The molecule has 0 fully saturated rings. The number of alkyl carbamates (subject to hydrolysis) is 1. The summed E-state index contributed by atoms with van der Waals surface area (Å²) in [5, 5.41) is 5.88. The third-order valence-corrected chi connectivity index (χ3v) is 2.10. The van der Waals surface area contributed by atoms with Crippen LogP contribution in [-0.2, 0) is 11.3 Å². The first-order valence-electron chi connectivity index (χ1n) is 6.31. The Hall–Kier alpha value is -1.75. The maximum absolute atomic E-state index is 11.3. The smallest absolute Gasteiger partial charge is 0.407 e. The lowest BCUT2D eigenvalue weighted by Crippen LogP contribution is -2.32. The van der Waals surface area contributed by atoms with Crippen molar-refractivity contribution in [2.24, 2.45) is 0 Å². The highest BCUT2D eigenvalue weighted by Gasteiger charge is 2.14. The molecule has 1 heterocycles. The van der Waals surface area contributed by atoms with Gasteiger partial charge in [0.1, 0.15) is 5.60 Å². The number of hydrogen-bond donors (Lipinski definition) is 2. The fourth-order valence-electron chi connectivity index (χ4n) is 1.32. The summed E-state index contributed by atoms with van der Waals surface area (Å²) in [5.74, 6) is 0. The van der Waals surface area contributed by atoms with Gasteiger partial charge in [0.25, 0.3) is 0 Å². The van der Waals surface area contributed by atoms with Gasteiger partial charge in [-0.3, -0.25) is 0 Å². The van der Waals surface area contributed by atoms with Gasteiger partial charge in [0.2, 0.25) is 0 Å². The van der Waals surface area contributed by atoms with E-state index in [9.17, 15) is 4.79 Å². The molecule has 106 valence electrons. The van der Waals surface area contributed by atoms with Crippen molar-refractivity contribution in [2.45, 2.75) is 32.9 Å². The van der Waals surface area contributed by atoms with Gasteiger partial charge in [0, 0.05) is 25.2 Å². The number of carbonyl (C=O) groups is 1. The van der Waals surface area contributed by atoms with Crippen LogP contribution >= 0.6 is 0 Å². The highest BCUT2D eigenvalue weighted by molar-refractivity contribution is 5.67. The monoisotopic (exact) mass is 266 g/mol. The van der Waals surface area contributed by atoms with E-state index >= 15 is 0 Å². The van der Waals surface area contributed by atoms with Crippen LogP contribution in [0.2, 0.25) is 0 Å². The number of hydrogen-bond acceptors (Lipinski definition) is 4. The van der Waals surface area contributed by atoms with Gasteiger partial charge in [-0.1, -0.05) is 12.2 Å². The molecule has 0 aliphatic rings. The van der Waals surface area contributed by atoms with Gasteiger partial charge >= 0.3 is 6.09 Å². The molecule has 1 aromatic rings. The van der Waals surface area contributed by atoms with Gasteiger partial charge in [-0.25, -0.2) is 4.79 Å². The van der Waals surface area contributed by atoms with Crippen molar-refractivity contribution in [3.8, 4) is 0 Å². The molecule has 0 unspecified atom stereocenters. The van der Waals surface area contributed by atoms with E-state index in [2.05, 4.69) is 10.6 Å². The third-order valence-electron chi connectivity index (χ3n) is 2.10. The maximum Gasteiger partial charge on any atom is 0.407 e. The van der Waals surface area contributed by atoms with Crippen LogP contribution in [0, 0.1) is 0 Å². The Bertz CT molecular complexity index is 391. The number of amides is 1. The van der Waals surface area contributed by atoms with Crippen molar-refractivity contribution in [1.29, 1.82) is 0 Å². The van der Waals surface area contributed by atoms with Crippen LogP contribution in [0.5, 0.6) is 0 Å². The molecule has 0 aliphatic carbocycles. The summed E-state index contributed by atoms with van der Waals surface area (Å²) in [6.07, 6.45) is 6.80. The van der Waals surface area contributed by atoms with E-state index in [1.54, 1.807) is 12.5 Å². The van der Waals surface area contributed by atoms with Crippen LogP contribution in [0.1, 0.15) is 26.3 Å². The first-order valence-corrected chi connectivity index (χ1v) is 6.31. The lowest BCUT2D eigenvalue weighted by atomic mass is 10.2. The summed E-state index contributed by atoms with van der Waals surface area (Å²) < 4.78 is 10.1. The molecule has 1 aromatic heterocycles. The van der Waals surface area contributed by atoms with E-state index in [0.717, 1.165) is 18.7 Å². The SMILES string of the molecule is CC(C)(C)OC(=O)NC/C=C/CNCc1ccoc1. The van der Waals surface area contributed by atoms with Crippen molar-refractivity contribution in [3.05, 3.63) is 36.3 Å². The molecule has 0 atom stereocenters. The van der Waals surface area contributed by atoms with Crippen LogP contribution in [0.15, 0.2) is 35.2 Å². The quantitative estimate of drug-likeness (QED) is 0.613. The number of ether oxygens (including phenoxy) is 1. The van der Waals surface area contributed by atoms with Gasteiger partial charge in [-0.15, -0.1) is 0 Å². The summed E-state index contributed by atoms with van der Waals surface area (Å²) in [6, 6.07) is 1.92.